The van der Waals surface area contributed by atoms with Crippen molar-refractivity contribution in [3.8, 4) is 16.9 Å². The Morgan fingerprint density at radius 2 is 1.25 bits per heavy atom. The highest BCUT2D eigenvalue weighted by Gasteiger charge is 2.41. The standard InChI is InChI=1S/C76H86ClN11O12/c1-43(2)33-59(82-72(94)63-21-14-28-87(63)76(98)99-42-57-53-17-10-8-15-51(53)52-16-9-11-18-54(52)57)68(90)65(89)40-78-70(92)60(34-44(3)4)83-71(93)61(35-45(5)6)84-74(96)80-49-24-22-46(23-25-49)69(91)79-50-26-27-58-47(36-50)37-62(81-58)73(95)88-41-48(39-77)67-56-20-13-12-19-55(56)66(38-64(67)88)100-75(97)86-31-29-85(7)30-32-86/h8-13,15-20,22-27,36-38,43-45,48,57,59-61,63,81H,14,21,28-35,39-42H2,1-7H3,(H,78,92)(H,79,91)(H,82,94)(H,83,93)(H2,80,84,96)/t48-,59+,60+,61+,63+/m1/s1. The van der Waals surface area contributed by atoms with Gasteiger partial charge in [0, 0.05) is 96.3 Å². The number of piperazine rings is 1. The lowest BCUT2D eigenvalue weighted by molar-refractivity contribution is -0.140. The number of hydrogen-bond donors (Lipinski definition) is 7. The van der Waals surface area contributed by atoms with Crippen LogP contribution in [0, 0.1) is 17.8 Å². The number of alkyl halides is 1. The summed E-state index contributed by atoms with van der Waals surface area (Å²) in [5.74, 6) is -4.81. The van der Waals surface area contributed by atoms with Gasteiger partial charge in [-0.25, -0.2) is 14.4 Å². The van der Waals surface area contributed by atoms with Crippen molar-refractivity contribution in [1.29, 1.82) is 0 Å². The van der Waals surface area contributed by atoms with E-state index < -0.39 is 84.1 Å². The number of aromatic amines is 1. The minimum atomic E-state index is -1.26. The largest absolute Gasteiger partial charge is 0.448 e. The molecule has 0 unspecified atom stereocenters. The number of likely N-dealkylation sites (tertiary alicyclic amines) is 1. The summed E-state index contributed by atoms with van der Waals surface area (Å²) in [7, 11) is 2.01. The molecule has 1 aliphatic carbocycles. The highest BCUT2D eigenvalue weighted by atomic mass is 35.5. The van der Waals surface area contributed by atoms with E-state index >= 15 is 0 Å². The first kappa shape index (κ1) is 71.2. The van der Waals surface area contributed by atoms with E-state index in [2.05, 4.69) is 41.8 Å². The van der Waals surface area contributed by atoms with E-state index in [4.69, 9.17) is 21.1 Å². The number of Topliss-reactive ketones (excluding diaryl/α,β-unsaturated/α-hetero) is 2. The van der Waals surface area contributed by atoms with Crippen molar-refractivity contribution in [2.75, 3.05) is 80.9 Å². The third-order valence-corrected chi connectivity index (χ3v) is 19.2. The minimum Gasteiger partial charge on any atom is -0.448 e. The molecule has 0 saturated carbocycles. The molecule has 524 valence electrons. The minimum absolute atomic E-state index is 0.0631. The Morgan fingerprint density at radius 3 is 1.91 bits per heavy atom. The number of nitrogens with zero attached hydrogens (tertiary/aromatic N) is 4. The number of anilines is 3. The number of halogens is 1. The van der Waals surface area contributed by atoms with E-state index in [-0.39, 0.29) is 79.4 Å². The summed E-state index contributed by atoms with van der Waals surface area (Å²) in [6.45, 7) is 13.5. The summed E-state index contributed by atoms with van der Waals surface area (Å²) >= 11 is 6.59. The van der Waals surface area contributed by atoms with Crippen molar-refractivity contribution in [2.24, 2.45) is 17.8 Å². The second kappa shape index (κ2) is 31.4. The van der Waals surface area contributed by atoms with Crippen LogP contribution in [0.15, 0.2) is 127 Å². The van der Waals surface area contributed by atoms with Gasteiger partial charge in [0.1, 0.15) is 36.2 Å². The van der Waals surface area contributed by atoms with Crippen LogP contribution in [-0.4, -0.2) is 169 Å². The Bertz CT molecular complexity index is 4230. The molecular formula is C76H86ClN11O12. The molecule has 100 heavy (non-hydrogen) atoms. The second-order valence-corrected chi connectivity index (χ2v) is 27.9. The lowest BCUT2D eigenvalue weighted by atomic mass is 9.95. The van der Waals surface area contributed by atoms with Crippen molar-refractivity contribution in [3.63, 3.8) is 0 Å². The lowest BCUT2D eigenvalue weighted by Crippen LogP contribution is -2.56. The molecule has 1 aromatic heterocycles. The monoisotopic (exact) mass is 1380 g/mol. The topological polar surface area (TPSA) is 290 Å². The molecule has 2 fully saturated rings. The number of hydrogen-bond acceptors (Lipinski definition) is 13. The molecule has 24 heteroatoms. The van der Waals surface area contributed by atoms with E-state index in [9.17, 15) is 47.9 Å². The molecule has 4 aliphatic rings. The Hall–Kier alpha value is -10.1. The first-order valence-corrected chi connectivity index (χ1v) is 34.8. The zero-order chi connectivity index (χ0) is 71.1. The number of carbonyl (C=O) groups excluding carboxylic acids is 10. The van der Waals surface area contributed by atoms with Crippen LogP contribution in [-0.2, 0) is 28.7 Å². The molecule has 6 aromatic carbocycles. The highest BCUT2D eigenvalue weighted by molar-refractivity contribution is 6.40. The molecule has 0 radical (unpaired) electrons. The van der Waals surface area contributed by atoms with Crippen LogP contribution in [0.25, 0.3) is 32.8 Å². The predicted octanol–water partition coefficient (Wildman–Crippen LogP) is 10.6. The van der Waals surface area contributed by atoms with Crippen LogP contribution in [0.4, 0.5) is 31.4 Å². The molecule has 9 amide bonds. The fourth-order valence-electron chi connectivity index (χ4n) is 13.8. The lowest BCUT2D eigenvalue weighted by Gasteiger charge is -2.31. The summed E-state index contributed by atoms with van der Waals surface area (Å²) in [5.41, 5.74) is 7.71. The molecule has 23 nitrogen and oxygen atoms in total. The van der Waals surface area contributed by atoms with Gasteiger partial charge in [-0.15, -0.1) is 11.6 Å². The molecule has 7 aromatic rings. The van der Waals surface area contributed by atoms with E-state index in [0.29, 0.717) is 71.9 Å². The van der Waals surface area contributed by atoms with Crippen LogP contribution < -0.4 is 41.5 Å². The summed E-state index contributed by atoms with van der Waals surface area (Å²) in [6, 6.07) is 33.1. The Balaban J connectivity index is 0.665. The van der Waals surface area contributed by atoms with Crippen LogP contribution >= 0.6 is 11.6 Å². The second-order valence-electron chi connectivity index (χ2n) is 27.6. The average molecular weight is 1380 g/mol. The Kier molecular flexibility index (Phi) is 22.3. The molecule has 0 spiro atoms. The molecule has 2 saturated heterocycles. The maximum Gasteiger partial charge on any atom is 0.415 e. The van der Waals surface area contributed by atoms with Gasteiger partial charge < -0.3 is 61.1 Å². The zero-order valence-electron chi connectivity index (χ0n) is 57.3. The number of aromatic nitrogens is 1. The quantitative estimate of drug-likeness (QED) is 0.0219. The molecule has 4 heterocycles. The summed E-state index contributed by atoms with van der Waals surface area (Å²) < 4.78 is 12.0. The van der Waals surface area contributed by atoms with E-state index in [1.165, 1.54) is 29.2 Å². The smallest absolute Gasteiger partial charge is 0.415 e. The van der Waals surface area contributed by atoms with Gasteiger partial charge in [0.15, 0.2) is 0 Å². The van der Waals surface area contributed by atoms with Gasteiger partial charge in [0.2, 0.25) is 29.3 Å². The summed E-state index contributed by atoms with van der Waals surface area (Å²) in [5, 5.41) is 18.6. The van der Waals surface area contributed by atoms with Crippen LogP contribution in [0.5, 0.6) is 5.75 Å². The molecule has 3 aliphatic heterocycles. The molecule has 11 rings (SSSR count). The van der Waals surface area contributed by atoms with Gasteiger partial charge in [-0.1, -0.05) is 114 Å². The Morgan fingerprint density at radius 1 is 0.630 bits per heavy atom. The molecular weight excluding hydrogens is 1290 g/mol. The van der Waals surface area contributed by atoms with Crippen molar-refractivity contribution >= 4 is 110 Å². The number of ether oxygens (including phenoxy) is 2. The highest BCUT2D eigenvalue weighted by Crippen LogP contribution is 2.47. The number of likely N-dealkylation sites (N-methyl/N-ethyl adjacent to an activating group) is 1. The normalized spacial score (nSPS) is 16.7. The predicted molar refractivity (Wildman–Crippen MR) is 383 cm³/mol. The fourth-order valence-corrected chi connectivity index (χ4v) is 14.1. The van der Waals surface area contributed by atoms with Crippen LogP contribution in [0.3, 0.4) is 0 Å². The maximum atomic E-state index is 14.5. The number of amides is 9. The van der Waals surface area contributed by atoms with Crippen molar-refractivity contribution in [2.45, 2.75) is 110 Å². The first-order valence-electron chi connectivity index (χ1n) is 34.3. The van der Waals surface area contributed by atoms with E-state index in [1.54, 1.807) is 40.1 Å². The third-order valence-electron chi connectivity index (χ3n) is 18.9. The Labute approximate surface area is 585 Å². The van der Waals surface area contributed by atoms with Crippen LogP contribution in [0.1, 0.15) is 123 Å². The molecule has 0 bridgehead atoms. The molecule has 7 N–H and O–H groups in total. The number of nitrogens with one attached hydrogen (secondary N) is 7. The maximum absolute atomic E-state index is 14.5. The van der Waals surface area contributed by atoms with Gasteiger partial charge in [0.25, 0.3) is 11.8 Å². The molecule has 5 atom stereocenters. The van der Waals surface area contributed by atoms with Crippen LogP contribution in [0.2, 0.25) is 0 Å². The number of H-pyrrole nitrogens is 1. The number of fused-ring (bicyclic) bond motifs is 7. The SMILES string of the molecule is CC(C)C[C@H](NC(=O)Nc1ccc(C(=O)Nc2ccc3[nH]c(C(=O)N4C[C@@H](CCl)c5c4cc(OC(=O)N4CCN(C)CC4)c4ccccc54)cc3c2)cc1)C(=O)N[C@@H](CC(C)C)C(=O)NCC(=O)C(=O)[C@H](CC(C)C)NC(=O)[C@@H]1CCCN1C(=O)OCC1c2ccccc2-c2ccccc21. The van der Waals surface area contributed by atoms with Crippen molar-refractivity contribution in [1.82, 2.24) is 41.0 Å². The van der Waals surface area contributed by atoms with Gasteiger partial charge in [-0.05, 0) is 139 Å². The van der Waals surface area contributed by atoms with Crippen molar-refractivity contribution in [3.05, 3.63) is 155 Å². The first-order chi connectivity index (χ1) is 48.0. The van der Waals surface area contributed by atoms with Gasteiger partial charge >= 0.3 is 18.2 Å². The number of rotatable bonds is 24. The number of carbonyl (C=O) groups is 10. The fraction of sp³-hybridized carbons (Fsp3) is 0.395. The van der Waals surface area contributed by atoms with Gasteiger partial charge in [-0.3, -0.25) is 38.5 Å². The van der Waals surface area contributed by atoms with E-state index in [1.807, 2.05) is 121 Å². The zero-order valence-corrected chi connectivity index (χ0v) is 58.0. The van der Waals surface area contributed by atoms with Crippen molar-refractivity contribution < 1.29 is 57.4 Å². The number of urea groups is 1. The summed E-state index contributed by atoms with van der Waals surface area (Å²) in [4.78, 5) is 148. The number of ketones is 2. The average Bonchev–Trinajstić information content (AvgIpc) is 1.65. The summed E-state index contributed by atoms with van der Waals surface area (Å²) in [6.07, 6.45) is 0.154. The van der Waals surface area contributed by atoms with Gasteiger partial charge in [0.05, 0.1) is 18.3 Å². The third kappa shape index (κ3) is 16.3. The van der Waals surface area contributed by atoms with E-state index in [0.717, 1.165) is 51.7 Å². The van der Waals surface area contributed by atoms with Gasteiger partial charge in [-0.2, -0.15) is 0 Å². The number of benzene rings is 6.